The number of hydrogen-bond acceptors (Lipinski definition) is 6. The molecule has 2 amide bonds. The molecule has 0 spiro atoms. The van der Waals surface area contributed by atoms with Crippen LogP contribution < -0.4 is 21.8 Å². The third-order valence-corrected chi connectivity index (χ3v) is 4.74. The Morgan fingerprint density at radius 2 is 1.83 bits per heavy atom. The maximum Gasteiger partial charge on any atom is 0.349 e. The van der Waals surface area contributed by atoms with Crippen LogP contribution in [0.4, 0.5) is 0 Å². The number of benzene rings is 2. The smallest absolute Gasteiger partial charge is 0.349 e. The van der Waals surface area contributed by atoms with Gasteiger partial charge in [0.05, 0.1) is 0 Å². The average Bonchev–Trinajstić information content (AvgIpc) is 2.73. The van der Waals surface area contributed by atoms with Gasteiger partial charge in [-0.1, -0.05) is 46.3 Å². The number of halogens is 1. The molecular formula is C20H16BrN3O5S. The lowest BCUT2D eigenvalue weighted by Gasteiger charge is -2.17. The highest BCUT2D eigenvalue weighted by Gasteiger charge is 2.20. The first-order chi connectivity index (χ1) is 14.4. The molecule has 0 aliphatic rings. The second-order valence-electron chi connectivity index (χ2n) is 6.05. The molecule has 0 radical (unpaired) electrons. The lowest BCUT2D eigenvalue weighted by molar-refractivity contribution is -0.132. The number of carbonyl (C=O) groups is 2. The summed E-state index contributed by atoms with van der Waals surface area (Å²) in [6, 6.07) is 15.3. The maximum absolute atomic E-state index is 12.4. The molecule has 2 aromatic carbocycles. The van der Waals surface area contributed by atoms with Gasteiger partial charge in [-0.25, -0.2) is 4.79 Å². The van der Waals surface area contributed by atoms with Gasteiger partial charge in [0.1, 0.15) is 11.1 Å². The number of amides is 2. The zero-order chi connectivity index (χ0) is 21.7. The maximum atomic E-state index is 12.4. The van der Waals surface area contributed by atoms with Crippen LogP contribution in [0, 0.1) is 0 Å². The van der Waals surface area contributed by atoms with E-state index in [-0.39, 0.29) is 10.7 Å². The van der Waals surface area contributed by atoms with E-state index < -0.39 is 23.5 Å². The lowest BCUT2D eigenvalue weighted by atomic mass is 10.1. The van der Waals surface area contributed by atoms with Crippen molar-refractivity contribution >= 4 is 56.0 Å². The van der Waals surface area contributed by atoms with Crippen LogP contribution in [-0.2, 0) is 9.53 Å². The molecule has 3 N–H and O–H groups in total. The SMILES string of the molecule is CO[C@@H](C(=O)NNC(=S)NC(=O)c1cc2cc(Br)ccc2oc1=O)c1ccccc1. The van der Waals surface area contributed by atoms with E-state index in [9.17, 15) is 14.4 Å². The second-order valence-corrected chi connectivity index (χ2v) is 7.38. The Balaban J connectivity index is 1.64. The van der Waals surface area contributed by atoms with Crippen LogP contribution in [0.15, 0.2) is 68.3 Å². The minimum Gasteiger partial charge on any atom is -0.422 e. The Morgan fingerprint density at radius 1 is 1.10 bits per heavy atom. The fraction of sp³-hybridized carbons (Fsp3) is 0.100. The van der Waals surface area contributed by atoms with Crippen molar-refractivity contribution in [2.75, 3.05) is 7.11 Å². The summed E-state index contributed by atoms with van der Waals surface area (Å²) in [6.45, 7) is 0. The summed E-state index contributed by atoms with van der Waals surface area (Å²) in [5.74, 6) is -1.29. The number of hydrazine groups is 1. The van der Waals surface area contributed by atoms with Gasteiger partial charge in [-0.3, -0.25) is 25.8 Å². The highest BCUT2D eigenvalue weighted by atomic mass is 79.9. The third-order valence-electron chi connectivity index (χ3n) is 4.04. The van der Waals surface area contributed by atoms with E-state index in [0.717, 1.165) is 4.47 Å². The van der Waals surface area contributed by atoms with Crippen molar-refractivity contribution in [3.05, 3.63) is 80.6 Å². The van der Waals surface area contributed by atoms with E-state index in [1.807, 2.05) is 6.07 Å². The molecule has 3 rings (SSSR count). The minimum absolute atomic E-state index is 0.204. The Labute approximate surface area is 184 Å². The van der Waals surface area contributed by atoms with E-state index >= 15 is 0 Å². The predicted octanol–water partition coefficient (Wildman–Crippen LogP) is 2.58. The molecule has 0 saturated heterocycles. The number of hydrogen-bond donors (Lipinski definition) is 3. The Bertz CT molecular complexity index is 1170. The molecule has 1 aromatic heterocycles. The molecule has 1 atom stereocenters. The van der Waals surface area contributed by atoms with E-state index in [4.69, 9.17) is 21.4 Å². The monoisotopic (exact) mass is 489 g/mol. The summed E-state index contributed by atoms with van der Waals surface area (Å²) >= 11 is 8.33. The third kappa shape index (κ3) is 5.09. The van der Waals surface area contributed by atoms with Crippen LogP contribution in [0.25, 0.3) is 11.0 Å². The highest BCUT2D eigenvalue weighted by molar-refractivity contribution is 9.10. The number of ether oxygens (including phenoxy) is 1. The van der Waals surface area contributed by atoms with Crippen LogP contribution in [0.1, 0.15) is 22.0 Å². The van der Waals surface area contributed by atoms with Gasteiger partial charge in [-0.15, -0.1) is 0 Å². The molecule has 0 saturated carbocycles. The molecule has 3 aromatic rings. The standard InChI is InChI=1S/C20H16BrN3O5S/c1-28-16(11-5-3-2-4-6-11)18(26)23-24-20(30)22-17(25)14-10-12-9-13(21)7-8-15(12)29-19(14)27/h2-10,16H,1H3,(H,23,26)(H2,22,24,25,30)/t16-/m1/s1. The summed E-state index contributed by atoms with van der Waals surface area (Å²) in [5.41, 5.74) is 4.74. The van der Waals surface area contributed by atoms with Crippen LogP contribution in [-0.4, -0.2) is 24.0 Å². The summed E-state index contributed by atoms with van der Waals surface area (Å²) < 4.78 is 11.1. The van der Waals surface area contributed by atoms with Crippen LogP contribution in [0.2, 0.25) is 0 Å². The van der Waals surface area contributed by atoms with Gasteiger partial charge in [0.15, 0.2) is 11.2 Å². The van der Waals surface area contributed by atoms with E-state index in [1.165, 1.54) is 13.2 Å². The van der Waals surface area contributed by atoms with Gasteiger partial charge in [0.25, 0.3) is 11.8 Å². The molecule has 0 unspecified atom stereocenters. The van der Waals surface area contributed by atoms with Gasteiger partial charge in [-0.05, 0) is 42.0 Å². The van der Waals surface area contributed by atoms with Crippen LogP contribution in [0.5, 0.6) is 0 Å². The summed E-state index contributed by atoms with van der Waals surface area (Å²) in [6.07, 6.45) is -0.872. The van der Waals surface area contributed by atoms with E-state index in [2.05, 4.69) is 32.1 Å². The molecule has 1 heterocycles. The second kappa shape index (κ2) is 9.61. The lowest BCUT2D eigenvalue weighted by Crippen LogP contribution is -2.50. The largest absolute Gasteiger partial charge is 0.422 e. The Hall–Kier alpha value is -3.08. The van der Waals surface area contributed by atoms with Gasteiger partial charge in [0, 0.05) is 17.0 Å². The number of carbonyl (C=O) groups excluding carboxylic acids is 2. The molecule has 0 fully saturated rings. The first kappa shape index (κ1) is 21.6. The van der Waals surface area contributed by atoms with E-state index in [0.29, 0.717) is 16.5 Å². The van der Waals surface area contributed by atoms with Crippen molar-refractivity contribution in [2.24, 2.45) is 0 Å². The zero-order valence-corrected chi connectivity index (χ0v) is 18.0. The fourth-order valence-corrected chi connectivity index (χ4v) is 3.18. The van der Waals surface area contributed by atoms with Gasteiger partial charge < -0.3 is 9.15 Å². The molecular weight excluding hydrogens is 474 g/mol. The van der Waals surface area contributed by atoms with Gasteiger partial charge in [-0.2, -0.15) is 0 Å². The molecule has 8 nitrogen and oxygen atoms in total. The quantitative estimate of drug-likeness (QED) is 0.293. The van der Waals surface area contributed by atoms with Crippen molar-refractivity contribution in [3.63, 3.8) is 0 Å². The molecule has 30 heavy (non-hydrogen) atoms. The Morgan fingerprint density at radius 3 is 2.53 bits per heavy atom. The van der Waals surface area contributed by atoms with Crippen molar-refractivity contribution < 1.29 is 18.7 Å². The van der Waals surface area contributed by atoms with E-state index in [1.54, 1.807) is 42.5 Å². The first-order valence-electron chi connectivity index (χ1n) is 8.61. The summed E-state index contributed by atoms with van der Waals surface area (Å²) in [7, 11) is 1.40. The Kier molecular flexibility index (Phi) is 6.93. The number of thiocarbonyl (C=S) groups is 1. The molecule has 0 aliphatic heterocycles. The number of rotatable bonds is 4. The van der Waals surface area contributed by atoms with Gasteiger partial charge in [0.2, 0.25) is 0 Å². The van der Waals surface area contributed by atoms with Gasteiger partial charge >= 0.3 is 5.63 Å². The number of nitrogens with one attached hydrogen (secondary N) is 3. The molecule has 0 aliphatic carbocycles. The van der Waals surface area contributed by atoms with Crippen molar-refractivity contribution in [1.29, 1.82) is 0 Å². The topological polar surface area (TPSA) is 110 Å². The summed E-state index contributed by atoms with van der Waals surface area (Å²) in [4.78, 5) is 36.8. The molecule has 10 heteroatoms. The number of methoxy groups -OCH3 is 1. The average molecular weight is 490 g/mol. The van der Waals surface area contributed by atoms with Crippen molar-refractivity contribution in [2.45, 2.75) is 6.10 Å². The predicted molar refractivity (Wildman–Crippen MR) is 118 cm³/mol. The van der Waals surface area contributed by atoms with Crippen LogP contribution in [0.3, 0.4) is 0 Å². The molecule has 154 valence electrons. The zero-order valence-electron chi connectivity index (χ0n) is 15.6. The van der Waals surface area contributed by atoms with Crippen molar-refractivity contribution in [3.8, 4) is 0 Å². The minimum atomic E-state index is -0.872. The highest BCUT2D eigenvalue weighted by Crippen LogP contribution is 2.19. The summed E-state index contributed by atoms with van der Waals surface area (Å²) in [5, 5.41) is 2.68. The van der Waals surface area contributed by atoms with Crippen molar-refractivity contribution in [1.82, 2.24) is 16.2 Å². The number of fused-ring (bicyclic) bond motifs is 1. The fourth-order valence-electron chi connectivity index (χ4n) is 2.66. The normalized spacial score (nSPS) is 11.5. The first-order valence-corrected chi connectivity index (χ1v) is 9.81. The van der Waals surface area contributed by atoms with Crippen LogP contribution >= 0.6 is 28.1 Å². The molecule has 0 bridgehead atoms.